The van der Waals surface area contributed by atoms with Gasteiger partial charge < -0.3 is 15.8 Å². The van der Waals surface area contributed by atoms with Gasteiger partial charge in [-0.2, -0.15) is 0 Å². The molecule has 0 aliphatic rings. The van der Waals surface area contributed by atoms with E-state index in [0.717, 1.165) is 5.56 Å². The summed E-state index contributed by atoms with van der Waals surface area (Å²) in [6.07, 6.45) is 0. The number of amides is 1. The van der Waals surface area contributed by atoms with E-state index >= 15 is 0 Å². The number of hydrogen-bond acceptors (Lipinski definition) is 3. The van der Waals surface area contributed by atoms with Crippen LogP contribution in [0.2, 0.25) is 5.02 Å². The van der Waals surface area contributed by atoms with Crippen LogP contribution < -0.4 is 15.8 Å². The highest BCUT2D eigenvalue weighted by Gasteiger charge is 2.10. The number of nitrogens with two attached hydrogens (primary N) is 1. The number of carbonyl (C=O) groups is 1. The van der Waals surface area contributed by atoms with E-state index in [-0.39, 0.29) is 18.5 Å². The SMILES string of the molecule is COc1ccc(C(C)NC(=O)CN)cc1Cl. The van der Waals surface area contributed by atoms with E-state index in [2.05, 4.69) is 5.32 Å². The Morgan fingerprint density at radius 3 is 2.81 bits per heavy atom. The molecular formula is C11H15ClN2O2. The Hall–Kier alpha value is -1.26. The lowest BCUT2D eigenvalue weighted by Crippen LogP contribution is -2.32. The summed E-state index contributed by atoms with van der Waals surface area (Å²) in [5, 5.41) is 3.27. The number of nitrogens with one attached hydrogen (secondary N) is 1. The first kappa shape index (κ1) is 12.8. The molecule has 16 heavy (non-hydrogen) atoms. The molecule has 1 amide bonds. The third-order valence-corrected chi connectivity index (χ3v) is 2.53. The maximum Gasteiger partial charge on any atom is 0.234 e. The van der Waals surface area contributed by atoms with E-state index < -0.39 is 0 Å². The molecule has 0 aliphatic heterocycles. The van der Waals surface area contributed by atoms with Gasteiger partial charge in [-0.15, -0.1) is 0 Å². The zero-order valence-corrected chi connectivity index (χ0v) is 10.0. The molecule has 3 N–H and O–H groups in total. The van der Waals surface area contributed by atoms with Crippen LogP contribution in [0, 0.1) is 0 Å². The Morgan fingerprint density at radius 1 is 1.62 bits per heavy atom. The number of methoxy groups -OCH3 is 1. The van der Waals surface area contributed by atoms with Gasteiger partial charge in [0.25, 0.3) is 0 Å². The smallest absolute Gasteiger partial charge is 0.234 e. The van der Waals surface area contributed by atoms with Crippen molar-refractivity contribution in [3.05, 3.63) is 28.8 Å². The molecule has 0 bridgehead atoms. The summed E-state index contributed by atoms with van der Waals surface area (Å²) < 4.78 is 5.04. The molecular weight excluding hydrogens is 228 g/mol. The Labute approximate surface area is 99.7 Å². The number of benzene rings is 1. The van der Waals surface area contributed by atoms with Crippen molar-refractivity contribution in [2.24, 2.45) is 5.73 Å². The molecule has 1 unspecified atom stereocenters. The predicted molar refractivity (Wildman–Crippen MR) is 63.6 cm³/mol. The third kappa shape index (κ3) is 3.12. The van der Waals surface area contributed by atoms with Crippen molar-refractivity contribution >= 4 is 17.5 Å². The van der Waals surface area contributed by atoms with Gasteiger partial charge in [0.1, 0.15) is 5.75 Å². The molecule has 0 saturated heterocycles. The highest BCUT2D eigenvalue weighted by molar-refractivity contribution is 6.32. The molecule has 4 nitrogen and oxygen atoms in total. The van der Waals surface area contributed by atoms with Gasteiger partial charge in [0, 0.05) is 0 Å². The third-order valence-electron chi connectivity index (χ3n) is 2.24. The van der Waals surface area contributed by atoms with Crippen LogP contribution in [0.3, 0.4) is 0 Å². The Morgan fingerprint density at radius 2 is 2.31 bits per heavy atom. The van der Waals surface area contributed by atoms with Crippen LogP contribution in [0.15, 0.2) is 18.2 Å². The summed E-state index contributed by atoms with van der Waals surface area (Å²) in [6.45, 7) is 1.85. The summed E-state index contributed by atoms with van der Waals surface area (Å²) in [5.41, 5.74) is 6.13. The number of ether oxygens (including phenoxy) is 1. The average molecular weight is 243 g/mol. The van der Waals surface area contributed by atoms with E-state index in [1.54, 1.807) is 19.2 Å². The normalized spacial score (nSPS) is 12.0. The maximum absolute atomic E-state index is 11.1. The average Bonchev–Trinajstić information content (AvgIpc) is 2.28. The zero-order valence-electron chi connectivity index (χ0n) is 9.29. The van der Waals surface area contributed by atoms with E-state index in [9.17, 15) is 4.79 Å². The van der Waals surface area contributed by atoms with Crippen molar-refractivity contribution in [3.63, 3.8) is 0 Å². The summed E-state index contributed by atoms with van der Waals surface area (Å²) in [6, 6.07) is 5.26. The van der Waals surface area contributed by atoms with Crippen LogP contribution in [0.1, 0.15) is 18.5 Å². The van der Waals surface area contributed by atoms with Crippen LogP contribution in [-0.2, 0) is 4.79 Å². The lowest BCUT2D eigenvalue weighted by atomic mass is 10.1. The summed E-state index contributed by atoms with van der Waals surface area (Å²) in [7, 11) is 1.56. The van der Waals surface area contributed by atoms with Crippen molar-refractivity contribution in [3.8, 4) is 5.75 Å². The van der Waals surface area contributed by atoms with Crippen LogP contribution in [0.5, 0.6) is 5.75 Å². The Kier molecular flexibility index (Phi) is 4.58. The quantitative estimate of drug-likeness (QED) is 0.841. The molecule has 0 spiro atoms. The van der Waals surface area contributed by atoms with Crippen molar-refractivity contribution in [1.82, 2.24) is 5.32 Å². The van der Waals surface area contributed by atoms with E-state index in [0.29, 0.717) is 10.8 Å². The minimum absolute atomic E-state index is 0.0196. The minimum Gasteiger partial charge on any atom is -0.495 e. The first-order valence-corrected chi connectivity index (χ1v) is 5.29. The molecule has 1 atom stereocenters. The first-order valence-electron chi connectivity index (χ1n) is 4.91. The second-order valence-corrected chi connectivity index (χ2v) is 3.79. The topological polar surface area (TPSA) is 64.3 Å². The van der Waals surface area contributed by atoms with Crippen LogP contribution in [-0.4, -0.2) is 19.6 Å². The van der Waals surface area contributed by atoms with Gasteiger partial charge >= 0.3 is 0 Å². The maximum atomic E-state index is 11.1. The van der Waals surface area contributed by atoms with Crippen LogP contribution >= 0.6 is 11.6 Å². The van der Waals surface area contributed by atoms with E-state index in [1.165, 1.54) is 0 Å². The second kappa shape index (κ2) is 5.72. The molecule has 0 aliphatic carbocycles. The Bertz CT molecular complexity index is 382. The molecule has 0 fully saturated rings. The van der Waals surface area contributed by atoms with Crippen molar-refractivity contribution < 1.29 is 9.53 Å². The molecule has 5 heteroatoms. The second-order valence-electron chi connectivity index (χ2n) is 3.39. The Balaban J connectivity index is 2.80. The van der Waals surface area contributed by atoms with E-state index in [4.69, 9.17) is 22.1 Å². The highest BCUT2D eigenvalue weighted by Crippen LogP contribution is 2.27. The van der Waals surface area contributed by atoms with Gasteiger partial charge in [-0.3, -0.25) is 4.79 Å². The lowest BCUT2D eigenvalue weighted by molar-refractivity contribution is -0.120. The molecule has 1 aromatic rings. The van der Waals surface area contributed by atoms with Crippen molar-refractivity contribution in [2.75, 3.05) is 13.7 Å². The van der Waals surface area contributed by atoms with Crippen molar-refractivity contribution in [1.29, 1.82) is 0 Å². The molecule has 1 rings (SSSR count). The van der Waals surface area contributed by atoms with Gasteiger partial charge in [0.2, 0.25) is 5.91 Å². The fourth-order valence-electron chi connectivity index (χ4n) is 1.34. The summed E-state index contributed by atoms with van der Waals surface area (Å²) in [5.74, 6) is 0.419. The fraction of sp³-hybridized carbons (Fsp3) is 0.364. The molecule has 0 aromatic heterocycles. The van der Waals surface area contributed by atoms with Crippen molar-refractivity contribution in [2.45, 2.75) is 13.0 Å². The van der Waals surface area contributed by atoms with Crippen LogP contribution in [0.4, 0.5) is 0 Å². The number of hydrogen-bond donors (Lipinski definition) is 2. The first-order chi connectivity index (χ1) is 7.58. The number of carbonyl (C=O) groups excluding carboxylic acids is 1. The molecule has 0 radical (unpaired) electrons. The fourth-order valence-corrected chi connectivity index (χ4v) is 1.60. The van der Waals surface area contributed by atoms with Gasteiger partial charge in [-0.25, -0.2) is 0 Å². The lowest BCUT2D eigenvalue weighted by Gasteiger charge is -2.14. The zero-order chi connectivity index (χ0) is 12.1. The van der Waals surface area contributed by atoms with Gasteiger partial charge in [0.15, 0.2) is 0 Å². The number of rotatable bonds is 4. The molecule has 1 aromatic carbocycles. The highest BCUT2D eigenvalue weighted by atomic mass is 35.5. The largest absolute Gasteiger partial charge is 0.495 e. The summed E-state index contributed by atoms with van der Waals surface area (Å²) in [4.78, 5) is 11.1. The van der Waals surface area contributed by atoms with Gasteiger partial charge in [-0.05, 0) is 24.6 Å². The predicted octanol–water partition coefficient (Wildman–Crippen LogP) is 1.48. The molecule has 0 heterocycles. The summed E-state index contributed by atoms with van der Waals surface area (Å²) >= 11 is 5.98. The standard InChI is InChI=1S/C11H15ClN2O2/c1-7(14-11(15)6-13)8-3-4-10(16-2)9(12)5-8/h3-5,7H,6,13H2,1-2H3,(H,14,15). The molecule has 0 saturated carbocycles. The minimum atomic E-state index is -0.195. The van der Waals surface area contributed by atoms with Gasteiger partial charge in [0.05, 0.1) is 24.7 Å². The van der Waals surface area contributed by atoms with E-state index in [1.807, 2.05) is 13.0 Å². The number of halogens is 1. The molecule has 88 valence electrons. The monoisotopic (exact) mass is 242 g/mol. The van der Waals surface area contributed by atoms with Crippen LogP contribution in [0.25, 0.3) is 0 Å². The van der Waals surface area contributed by atoms with Gasteiger partial charge in [-0.1, -0.05) is 17.7 Å².